The Morgan fingerprint density at radius 3 is 1.97 bits per heavy atom. The molecule has 0 aromatic heterocycles. The van der Waals surface area contributed by atoms with E-state index in [4.69, 9.17) is 4.74 Å². The largest absolute Gasteiger partial charge is 0.496 e. The molecule has 31 heavy (non-hydrogen) atoms. The summed E-state index contributed by atoms with van der Waals surface area (Å²) in [5, 5.41) is 27.4. The number of methoxy groups -OCH3 is 1. The van der Waals surface area contributed by atoms with Gasteiger partial charge in [-0.1, -0.05) is 78.9 Å². The standard InChI is InChI=1S/C27H29NO3/c1-31-24-15-9-8-14-21(24)27(30)23-18-28-17-22(23)26(16-25(27)29,19-10-4-2-5-11-19)20-12-6-3-7-13-20/h2-15,22-23,25,28-30H,16-18H2,1H3/t22-,23+,25-,27+/m0/s1. The average Bonchev–Trinajstić information content (AvgIpc) is 3.34. The Labute approximate surface area is 183 Å². The first kappa shape index (κ1) is 20.3. The lowest BCUT2D eigenvalue weighted by Gasteiger charge is -2.55. The maximum Gasteiger partial charge on any atom is 0.125 e. The summed E-state index contributed by atoms with van der Waals surface area (Å²) >= 11 is 0. The maximum absolute atomic E-state index is 12.1. The van der Waals surface area contributed by atoms with Crippen molar-refractivity contribution in [2.24, 2.45) is 11.8 Å². The molecule has 1 saturated carbocycles. The predicted octanol–water partition coefficient (Wildman–Crippen LogP) is 3.47. The fourth-order valence-corrected chi connectivity index (χ4v) is 6.17. The van der Waals surface area contributed by atoms with Crippen molar-refractivity contribution in [1.29, 1.82) is 0 Å². The zero-order valence-corrected chi connectivity index (χ0v) is 17.7. The summed E-state index contributed by atoms with van der Waals surface area (Å²) in [4.78, 5) is 0. The molecule has 3 aromatic carbocycles. The summed E-state index contributed by atoms with van der Waals surface area (Å²) in [6.07, 6.45) is -0.524. The zero-order chi connectivity index (χ0) is 21.5. The normalized spacial score (nSPS) is 29.3. The first-order valence-corrected chi connectivity index (χ1v) is 11.0. The highest BCUT2D eigenvalue weighted by atomic mass is 16.5. The van der Waals surface area contributed by atoms with Crippen LogP contribution in [0.3, 0.4) is 0 Å². The van der Waals surface area contributed by atoms with Gasteiger partial charge < -0.3 is 20.3 Å². The van der Waals surface area contributed by atoms with Gasteiger partial charge in [-0.3, -0.25) is 0 Å². The molecule has 1 saturated heterocycles. The van der Waals surface area contributed by atoms with Gasteiger partial charge >= 0.3 is 0 Å². The SMILES string of the molecule is COc1ccccc1[C@@]1(O)[C@@H]2CNC[C@@H]2C(c2ccccc2)(c2ccccc2)C[C@@H]1O. The third-order valence-electron chi connectivity index (χ3n) is 7.55. The van der Waals surface area contributed by atoms with Crippen LogP contribution in [0.15, 0.2) is 84.9 Å². The van der Waals surface area contributed by atoms with Crippen LogP contribution < -0.4 is 10.1 Å². The van der Waals surface area contributed by atoms with Crippen LogP contribution in [0.4, 0.5) is 0 Å². The molecule has 0 bridgehead atoms. The summed E-state index contributed by atoms with van der Waals surface area (Å²) in [5.41, 5.74) is 1.23. The van der Waals surface area contributed by atoms with Crippen molar-refractivity contribution in [1.82, 2.24) is 5.32 Å². The summed E-state index contributed by atoms with van der Waals surface area (Å²) in [6, 6.07) is 28.4. The monoisotopic (exact) mass is 415 g/mol. The van der Waals surface area contributed by atoms with Crippen LogP contribution in [-0.2, 0) is 11.0 Å². The van der Waals surface area contributed by atoms with Gasteiger partial charge in [0.05, 0.1) is 13.2 Å². The minimum atomic E-state index is -1.40. The number of nitrogens with one attached hydrogen (secondary N) is 1. The number of hydrogen-bond acceptors (Lipinski definition) is 4. The Kier molecular flexibility index (Phi) is 5.09. The number of aliphatic hydroxyl groups excluding tert-OH is 1. The molecule has 160 valence electrons. The summed E-state index contributed by atoms with van der Waals surface area (Å²) in [6.45, 7) is 1.41. The first-order chi connectivity index (χ1) is 15.1. The maximum atomic E-state index is 12.1. The number of hydrogen-bond donors (Lipinski definition) is 3. The fourth-order valence-electron chi connectivity index (χ4n) is 6.17. The number of ether oxygens (including phenoxy) is 1. The van der Waals surface area contributed by atoms with Crippen LogP contribution in [0.5, 0.6) is 5.75 Å². The van der Waals surface area contributed by atoms with E-state index in [1.54, 1.807) is 7.11 Å². The van der Waals surface area contributed by atoms with Gasteiger partial charge in [-0.25, -0.2) is 0 Å². The van der Waals surface area contributed by atoms with E-state index >= 15 is 0 Å². The molecule has 0 unspecified atom stereocenters. The van der Waals surface area contributed by atoms with Gasteiger partial charge in [0.25, 0.3) is 0 Å². The number of fused-ring (bicyclic) bond motifs is 1. The van der Waals surface area contributed by atoms with E-state index < -0.39 is 17.1 Å². The minimum absolute atomic E-state index is 0.107. The van der Waals surface area contributed by atoms with Crippen LogP contribution >= 0.6 is 0 Å². The molecule has 0 amide bonds. The third kappa shape index (κ3) is 2.93. The van der Waals surface area contributed by atoms with Crippen LogP contribution in [0.25, 0.3) is 0 Å². The van der Waals surface area contributed by atoms with Gasteiger partial charge in [0.15, 0.2) is 0 Å². The predicted molar refractivity (Wildman–Crippen MR) is 121 cm³/mol. The molecule has 3 aromatic rings. The topological polar surface area (TPSA) is 61.7 Å². The lowest BCUT2D eigenvalue weighted by Crippen LogP contribution is -2.60. The van der Waals surface area contributed by atoms with E-state index in [-0.39, 0.29) is 11.8 Å². The van der Waals surface area contributed by atoms with Crippen molar-refractivity contribution < 1.29 is 14.9 Å². The Morgan fingerprint density at radius 2 is 1.35 bits per heavy atom. The van der Waals surface area contributed by atoms with Crippen molar-refractivity contribution in [2.45, 2.75) is 23.5 Å². The molecule has 1 aliphatic carbocycles. The molecule has 0 spiro atoms. The molecule has 5 rings (SSSR count). The van der Waals surface area contributed by atoms with E-state index in [0.717, 1.165) is 6.54 Å². The highest BCUT2D eigenvalue weighted by molar-refractivity contribution is 5.47. The number of aliphatic hydroxyl groups is 2. The quantitative estimate of drug-likeness (QED) is 0.611. The molecular formula is C27H29NO3. The second-order valence-corrected chi connectivity index (χ2v) is 8.82. The van der Waals surface area contributed by atoms with Crippen LogP contribution in [0.1, 0.15) is 23.1 Å². The lowest BCUT2D eigenvalue weighted by molar-refractivity contribution is -0.167. The molecule has 4 nitrogen and oxygen atoms in total. The molecule has 2 aliphatic rings. The molecule has 4 atom stereocenters. The Morgan fingerprint density at radius 1 is 0.806 bits per heavy atom. The smallest absolute Gasteiger partial charge is 0.125 e. The first-order valence-electron chi connectivity index (χ1n) is 11.0. The third-order valence-corrected chi connectivity index (χ3v) is 7.55. The summed E-state index contributed by atoms with van der Waals surface area (Å²) in [7, 11) is 1.61. The van der Waals surface area contributed by atoms with Gasteiger partial charge in [-0.2, -0.15) is 0 Å². The van der Waals surface area contributed by atoms with E-state index in [1.165, 1.54) is 11.1 Å². The van der Waals surface area contributed by atoms with Gasteiger partial charge in [-0.05, 0) is 36.1 Å². The van der Waals surface area contributed by atoms with E-state index in [2.05, 4.69) is 53.8 Å². The van der Waals surface area contributed by atoms with Crippen LogP contribution in [0.2, 0.25) is 0 Å². The lowest BCUT2D eigenvalue weighted by atomic mass is 9.51. The van der Waals surface area contributed by atoms with Crippen LogP contribution in [-0.4, -0.2) is 36.5 Å². The molecule has 3 N–H and O–H groups in total. The zero-order valence-electron chi connectivity index (χ0n) is 17.7. The molecular weight excluding hydrogens is 386 g/mol. The number of rotatable bonds is 4. The van der Waals surface area contributed by atoms with Crippen molar-refractivity contribution in [3.05, 3.63) is 102 Å². The number of benzene rings is 3. The Hall–Kier alpha value is -2.66. The molecule has 1 aliphatic heterocycles. The molecule has 1 heterocycles. The highest BCUT2D eigenvalue weighted by Crippen LogP contribution is 2.58. The molecule has 0 radical (unpaired) electrons. The van der Waals surface area contributed by atoms with Crippen molar-refractivity contribution in [3.63, 3.8) is 0 Å². The molecule has 2 fully saturated rings. The van der Waals surface area contributed by atoms with Gasteiger partial charge in [0.2, 0.25) is 0 Å². The number of para-hydroxylation sites is 1. The van der Waals surface area contributed by atoms with E-state index in [9.17, 15) is 10.2 Å². The van der Waals surface area contributed by atoms with Crippen molar-refractivity contribution in [2.75, 3.05) is 20.2 Å². The van der Waals surface area contributed by atoms with Crippen molar-refractivity contribution >= 4 is 0 Å². The Balaban J connectivity index is 1.72. The van der Waals surface area contributed by atoms with Crippen LogP contribution in [0, 0.1) is 11.8 Å². The second kappa shape index (κ2) is 7.79. The molecule has 4 heteroatoms. The van der Waals surface area contributed by atoms with E-state index in [0.29, 0.717) is 24.3 Å². The van der Waals surface area contributed by atoms with Gasteiger partial charge in [0.1, 0.15) is 11.4 Å². The Bertz CT molecular complexity index is 999. The highest BCUT2D eigenvalue weighted by Gasteiger charge is 2.63. The summed E-state index contributed by atoms with van der Waals surface area (Å²) in [5.74, 6) is 0.546. The summed E-state index contributed by atoms with van der Waals surface area (Å²) < 4.78 is 5.59. The second-order valence-electron chi connectivity index (χ2n) is 8.82. The van der Waals surface area contributed by atoms with Crippen molar-refractivity contribution in [3.8, 4) is 5.75 Å². The average molecular weight is 416 g/mol. The van der Waals surface area contributed by atoms with Gasteiger partial charge in [0, 0.05) is 23.4 Å². The van der Waals surface area contributed by atoms with E-state index in [1.807, 2.05) is 36.4 Å². The fraction of sp³-hybridized carbons (Fsp3) is 0.333. The van der Waals surface area contributed by atoms with Gasteiger partial charge in [-0.15, -0.1) is 0 Å². The minimum Gasteiger partial charge on any atom is -0.496 e.